The topological polar surface area (TPSA) is 99.9 Å². The summed E-state index contributed by atoms with van der Waals surface area (Å²) in [7, 11) is 2.37. The molecule has 0 heterocycles. The molecule has 1 amide bonds. The zero-order valence-corrected chi connectivity index (χ0v) is 11.6. The average molecular weight is 290 g/mol. The zero-order valence-electron chi connectivity index (χ0n) is 11.6. The van der Waals surface area contributed by atoms with Crippen LogP contribution in [0.1, 0.15) is 11.1 Å². The van der Waals surface area contributed by atoms with Crippen LogP contribution >= 0.6 is 0 Å². The summed E-state index contributed by atoms with van der Waals surface area (Å²) in [6.07, 6.45) is 0.707. The SMILES string of the molecule is COC(=O)C(O)=CC(=O)N(Cc1ccc(C#N)cc1)OC. The molecule has 0 unspecified atom stereocenters. The molecule has 1 aromatic carbocycles. The zero-order chi connectivity index (χ0) is 15.8. The highest BCUT2D eigenvalue weighted by atomic mass is 16.7. The van der Waals surface area contributed by atoms with Crippen LogP contribution in [0.15, 0.2) is 36.1 Å². The molecule has 0 atom stereocenters. The molecule has 0 fully saturated rings. The molecular weight excluding hydrogens is 276 g/mol. The number of carbonyl (C=O) groups is 2. The van der Waals surface area contributed by atoms with E-state index in [1.165, 1.54) is 7.11 Å². The van der Waals surface area contributed by atoms with Gasteiger partial charge >= 0.3 is 5.97 Å². The second-order valence-electron chi connectivity index (χ2n) is 3.89. The lowest BCUT2D eigenvalue weighted by Gasteiger charge is -2.18. The molecule has 1 N–H and O–H groups in total. The highest BCUT2D eigenvalue weighted by Crippen LogP contribution is 2.08. The van der Waals surface area contributed by atoms with Crippen molar-refractivity contribution in [1.29, 1.82) is 5.26 Å². The first-order valence-corrected chi connectivity index (χ1v) is 5.85. The van der Waals surface area contributed by atoms with Crippen LogP contribution in [-0.2, 0) is 25.7 Å². The van der Waals surface area contributed by atoms with Crippen molar-refractivity contribution in [3.8, 4) is 6.07 Å². The Morgan fingerprint density at radius 3 is 2.43 bits per heavy atom. The van der Waals surface area contributed by atoms with Crippen molar-refractivity contribution < 1.29 is 24.3 Å². The van der Waals surface area contributed by atoms with E-state index in [1.54, 1.807) is 24.3 Å². The van der Waals surface area contributed by atoms with Crippen LogP contribution in [0.4, 0.5) is 0 Å². The fraction of sp³-hybridized carbons (Fsp3) is 0.214. The molecule has 0 aliphatic heterocycles. The van der Waals surface area contributed by atoms with Gasteiger partial charge < -0.3 is 9.84 Å². The van der Waals surface area contributed by atoms with Crippen molar-refractivity contribution in [2.24, 2.45) is 0 Å². The van der Waals surface area contributed by atoms with Crippen LogP contribution in [0, 0.1) is 11.3 Å². The van der Waals surface area contributed by atoms with E-state index in [0.717, 1.165) is 17.7 Å². The van der Waals surface area contributed by atoms with Crippen LogP contribution in [-0.4, -0.2) is 36.3 Å². The number of esters is 1. The standard InChI is InChI=1S/C14H14N2O5/c1-20-14(19)12(17)7-13(18)16(21-2)9-11-5-3-10(8-15)4-6-11/h3-7,17H,9H2,1-2H3. The minimum atomic E-state index is -1.02. The van der Waals surface area contributed by atoms with Crippen LogP contribution in [0.2, 0.25) is 0 Å². The van der Waals surface area contributed by atoms with E-state index in [-0.39, 0.29) is 6.54 Å². The fourth-order valence-electron chi connectivity index (χ4n) is 1.44. The summed E-state index contributed by atoms with van der Waals surface area (Å²) in [6.45, 7) is 0.0893. The van der Waals surface area contributed by atoms with Gasteiger partial charge in [0.05, 0.1) is 38.5 Å². The Labute approximate surface area is 121 Å². The third kappa shape index (κ3) is 4.63. The number of nitrogens with zero attached hydrogens (tertiary/aromatic N) is 2. The van der Waals surface area contributed by atoms with E-state index in [0.29, 0.717) is 11.6 Å². The molecule has 0 saturated heterocycles. The quantitative estimate of drug-likeness (QED) is 0.377. The number of hydrogen-bond acceptors (Lipinski definition) is 6. The predicted molar refractivity (Wildman–Crippen MR) is 71.4 cm³/mol. The van der Waals surface area contributed by atoms with Crippen molar-refractivity contribution in [3.63, 3.8) is 0 Å². The number of methoxy groups -OCH3 is 1. The number of benzene rings is 1. The van der Waals surface area contributed by atoms with E-state index >= 15 is 0 Å². The molecule has 7 heteroatoms. The average Bonchev–Trinajstić information content (AvgIpc) is 2.51. The van der Waals surface area contributed by atoms with E-state index < -0.39 is 17.6 Å². The molecule has 1 aromatic rings. The number of aliphatic hydroxyl groups excluding tert-OH is 1. The van der Waals surface area contributed by atoms with E-state index in [2.05, 4.69) is 4.74 Å². The van der Waals surface area contributed by atoms with Gasteiger partial charge in [0.25, 0.3) is 5.91 Å². The molecule has 21 heavy (non-hydrogen) atoms. The van der Waals surface area contributed by atoms with Crippen LogP contribution in [0.5, 0.6) is 0 Å². The van der Waals surface area contributed by atoms with E-state index in [9.17, 15) is 14.7 Å². The lowest BCUT2D eigenvalue weighted by molar-refractivity contribution is -0.173. The molecule has 0 aliphatic carbocycles. The van der Waals surface area contributed by atoms with Crippen molar-refractivity contribution in [3.05, 3.63) is 47.2 Å². The number of carbonyl (C=O) groups excluding carboxylic acids is 2. The largest absolute Gasteiger partial charge is 0.502 e. The summed E-state index contributed by atoms with van der Waals surface area (Å²) in [6, 6.07) is 8.53. The molecule has 0 aliphatic rings. The molecule has 110 valence electrons. The lowest BCUT2D eigenvalue weighted by Crippen LogP contribution is -2.28. The number of nitriles is 1. The molecule has 0 aromatic heterocycles. The number of ether oxygens (including phenoxy) is 1. The highest BCUT2D eigenvalue weighted by molar-refractivity contribution is 5.96. The van der Waals surface area contributed by atoms with Gasteiger partial charge in [-0.2, -0.15) is 5.26 Å². The van der Waals surface area contributed by atoms with Crippen LogP contribution in [0.3, 0.4) is 0 Å². The Balaban J connectivity index is 2.80. The summed E-state index contributed by atoms with van der Waals surface area (Å²) < 4.78 is 4.27. The Morgan fingerprint density at radius 1 is 1.33 bits per heavy atom. The van der Waals surface area contributed by atoms with Gasteiger partial charge in [-0.15, -0.1) is 0 Å². The summed E-state index contributed by atoms with van der Waals surface area (Å²) in [5.41, 5.74) is 1.22. The Bertz CT molecular complexity index is 586. The molecule has 0 bridgehead atoms. The predicted octanol–water partition coefficient (Wildman–Crippen LogP) is 1.06. The minimum absolute atomic E-state index is 0.0893. The fourth-order valence-corrected chi connectivity index (χ4v) is 1.44. The van der Waals surface area contributed by atoms with E-state index in [4.69, 9.17) is 10.1 Å². The summed E-state index contributed by atoms with van der Waals surface area (Å²) in [4.78, 5) is 27.7. The van der Waals surface area contributed by atoms with Gasteiger partial charge in [0.15, 0.2) is 0 Å². The van der Waals surface area contributed by atoms with Crippen molar-refractivity contribution in [2.75, 3.05) is 14.2 Å². The Hall–Kier alpha value is -2.85. The number of amides is 1. The number of aliphatic hydroxyl groups is 1. The highest BCUT2D eigenvalue weighted by Gasteiger charge is 2.16. The Kier molecular flexibility index (Phi) is 5.92. The molecule has 0 spiro atoms. The number of hydroxylamine groups is 2. The summed E-state index contributed by atoms with van der Waals surface area (Å²) >= 11 is 0. The van der Waals surface area contributed by atoms with Gasteiger partial charge in [-0.1, -0.05) is 12.1 Å². The van der Waals surface area contributed by atoms with Gasteiger partial charge in [-0.3, -0.25) is 9.63 Å². The molecule has 0 radical (unpaired) electrons. The van der Waals surface area contributed by atoms with Gasteiger partial charge in [-0.05, 0) is 17.7 Å². The van der Waals surface area contributed by atoms with Gasteiger partial charge in [0.1, 0.15) is 0 Å². The maximum absolute atomic E-state index is 11.8. The minimum Gasteiger partial charge on any atom is -0.502 e. The smallest absolute Gasteiger partial charge is 0.373 e. The van der Waals surface area contributed by atoms with Crippen molar-refractivity contribution >= 4 is 11.9 Å². The van der Waals surface area contributed by atoms with Gasteiger partial charge in [0, 0.05) is 0 Å². The first-order valence-electron chi connectivity index (χ1n) is 5.85. The second-order valence-corrected chi connectivity index (χ2v) is 3.89. The maximum Gasteiger partial charge on any atom is 0.373 e. The van der Waals surface area contributed by atoms with Crippen LogP contribution < -0.4 is 0 Å². The first kappa shape index (κ1) is 16.2. The second kappa shape index (κ2) is 7.67. The number of rotatable bonds is 5. The lowest BCUT2D eigenvalue weighted by atomic mass is 10.1. The van der Waals surface area contributed by atoms with Crippen molar-refractivity contribution in [1.82, 2.24) is 5.06 Å². The van der Waals surface area contributed by atoms with Gasteiger partial charge in [-0.25, -0.2) is 9.86 Å². The monoisotopic (exact) mass is 290 g/mol. The summed E-state index contributed by atoms with van der Waals surface area (Å²) in [5.74, 6) is -2.55. The molecule has 7 nitrogen and oxygen atoms in total. The first-order chi connectivity index (χ1) is 10.0. The Morgan fingerprint density at radius 2 is 1.95 bits per heavy atom. The summed E-state index contributed by atoms with van der Waals surface area (Å²) in [5, 5.41) is 19.0. The van der Waals surface area contributed by atoms with Crippen LogP contribution in [0.25, 0.3) is 0 Å². The third-order valence-corrected chi connectivity index (χ3v) is 2.53. The van der Waals surface area contributed by atoms with Crippen molar-refractivity contribution in [2.45, 2.75) is 6.54 Å². The maximum atomic E-state index is 11.8. The molecule has 0 saturated carbocycles. The van der Waals surface area contributed by atoms with E-state index in [1.807, 2.05) is 6.07 Å². The normalized spacial score (nSPS) is 10.6. The third-order valence-electron chi connectivity index (χ3n) is 2.53. The number of hydrogen-bond donors (Lipinski definition) is 1. The molecule has 1 rings (SSSR count). The molecular formula is C14H14N2O5. The van der Waals surface area contributed by atoms with Gasteiger partial charge in [0.2, 0.25) is 5.76 Å².